The van der Waals surface area contributed by atoms with E-state index in [1.54, 1.807) is 24.3 Å². The second-order valence-electron chi connectivity index (χ2n) is 3.50. The molecule has 0 N–H and O–H groups in total. The van der Waals surface area contributed by atoms with Gasteiger partial charge in [0.25, 0.3) is 0 Å². The van der Waals surface area contributed by atoms with Crippen LogP contribution in [0.5, 0.6) is 5.75 Å². The molecule has 1 aromatic carbocycles. The van der Waals surface area contributed by atoms with Crippen molar-refractivity contribution in [2.24, 2.45) is 0 Å². The molecule has 0 atom stereocenters. The number of benzene rings is 1. The predicted molar refractivity (Wildman–Crippen MR) is 70.3 cm³/mol. The monoisotopic (exact) mass is 290 g/mol. The molecule has 0 aromatic heterocycles. The van der Waals surface area contributed by atoms with Crippen LogP contribution < -0.4 is 4.52 Å². The van der Waals surface area contributed by atoms with Crippen LogP contribution in [0.4, 0.5) is 0 Å². The molecule has 0 unspecified atom stereocenters. The summed E-state index contributed by atoms with van der Waals surface area (Å²) in [6, 6.07) is 8.71. The number of rotatable bonds is 10. The summed E-state index contributed by atoms with van der Waals surface area (Å²) in [4.78, 5) is 0. The molecule has 1 rings (SSSR count). The molecule has 6 nitrogen and oxygen atoms in total. The van der Waals surface area contributed by atoms with Gasteiger partial charge in [-0.25, -0.2) is 4.57 Å². The van der Waals surface area contributed by atoms with Crippen molar-refractivity contribution in [3.05, 3.63) is 30.3 Å². The van der Waals surface area contributed by atoms with Crippen molar-refractivity contribution in [2.45, 2.75) is 0 Å². The van der Waals surface area contributed by atoms with Gasteiger partial charge < -0.3 is 14.0 Å². The quantitative estimate of drug-likeness (QED) is 0.487. The lowest BCUT2D eigenvalue weighted by Crippen LogP contribution is -2.09. The highest BCUT2D eigenvalue weighted by Crippen LogP contribution is 2.49. The molecule has 108 valence electrons. The Labute approximate surface area is 113 Å². The minimum atomic E-state index is -3.66. The molecule has 0 radical (unpaired) electrons. The van der Waals surface area contributed by atoms with Gasteiger partial charge in [0.15, 0.2) is 0 Å². The maximum Gasteiger partial charge on any atom is 0.530 e. The van der Waals surface area contributed by atoms with Gasteiger partial charge in [0.05, 0.1) is 26.4 Å². The summed E-state index contributed by atoms with van der Waals surface area (Å²) in [6.07, 6.45) is 0. The van der Waals surface area contributed by atoms with E-state index < -0.39 is 7.82 Å². The van der Waals surface area contributed by atoms with Crippen molar-refractivity contribution in [1.82, 2.24) is 0 Å². The van der Waals surface area contributed by atoms with Gasteiger partial charge in [-0.2, -0.15) is 0 Å². The highest BCUT2D eigenvalue weighted by Gasteiger charge is 2.28. The Morgan fingerprint density at radius 3 is 1.89 bits per heavy atom. The minimum absolute atomic E-state index is 0.119. The standard InChI is InChI=1S/C12H19O6P/c1-14-8-10-16-19(13,17-11-9-15-2)18-12-6-4-3-5-7-12/h3-7H,8-11H2,1-2H3. The van der Waals surface area contributed by atoms with Gasteiger partial charge in [-0.15, -0.1) is 0 Å². The fourth-order valence-electron chi connectivity index (χ4n) is 1.17. The van der Waals surface area contributed by atoms with E-state index in [1.807, 2.05) is 6.07 Å². The normalized spacial score (nSPS) is 11.5. The Morgan fingerprint density at radius 1 is 0.895 bits per heavy atom. The van der Waals surface area contributed by atoms with Crippen LogP contribution in [-0.2, 0) is 23.1 Å². The first-order chi connectivity index (χ1) is 9.20. The summed E-state index contributed by atoms with van der Waals surface area (Å²) in [5, 5.41) is 0. The topological polar surface area (TPSA) is 63.2 Å². The van der Waals surface area contributed by atoms with Gasteiger partial charge in [-0.05, 0) is 12.1 Å². The van der Waals surface area contributed by atoms with Gasteiger partial charge >= 0.3 is 7.82 Å². The molecule has 0 aliphatic carbocycles. The summed E-state index contributed by atoms with van der Waals surface area (Å²) in [6.45, 7) is 0.840. The van der Waals surface area contributed by atoms with Crippen LogP contribution in [0, 0.1) is 0 Å². The number of hydrogen-bond acceptors (Lipinski definition) is 6. The molecule has 0 saturated carbocycles. The largest absolute Gasteiger partial charge is 0.530 e. The third kappa shape index (κ3) is 6.71. The molecule has 0 spiro atoms. The zero-order chi connectivity index (χ0) is 14.0. The number of para-hydroxylation sites is 1. The average Bonchev–Trinajstić information content (AvgIpc) is 2.40. The van der Waals surface area contributed by atoms with Crippen molar-refractivity contribution >= 4 is 7.82 Å². The van der Waals surface area contributed by atoms with E-state index in [4.69, 9.17) is 23.0 Å². The van der Waals surface area contributed by atoms with Crippen LogP contribution in [0.2, 0.25) is 0 Å². The third-order valence-electron chi connectivity index (χ3n) is 2.03. The number of ether oxygens (including phenoxy) is 2. The minimum Gasteiger partial charge on any atom is -0.404 e. The van der Waals surface area contributed by atoms with Crippen LogP contribution in [0.25, 0.3) is 0 Å². The zero-order valence-corrected chi connectivity index (χ0v) is 12.0. The highest BCUT2D eigenvalue weighted by atomic mass is 31.2. The number of hydrogen-bond donors (Lipinski definition) is 0. The summed E-state index contributed by atoms with van der Waals surface area (Å²) in [5.41, 5.74) is 0. The molecule has 0 bridgehead atoms. The van der Waals surface area contributed by atoms with Crippen molar-refractivity contribution in [3.8, 4) is 5.75 Å². The first-order valence-electron chi connectivity index (χ1n) is 5.82. The maximum absolute atomic E-state index is 12.4. The van der Waals surface area contributed by atoms with Gasteiger partial charge in [0, 0.05) is 14.2 Å². The van der Waals surface area contributed by atoms with E-state index in [0.29, 0.717) is 19.0 Å². The van der Waals surface area contributed by atoms with E-state index in [1.165, 1.54) is 14.2 Å². The lowest BCUT2D eigenvalue weighted by atomic mass is 10.3. The third-order valence-corrected chi connectivity index (χ3v) is 3.47. The first-order valence-corrected chi connectivity index (χ1v) is 7.28. The maximum atomic E-state index is 12.4. The Balaban J connectivity index is 2.59. The second kappa shape index (κ2) is 9.07. The Morgan fingerprint density at radius 2 is 1.42 bits per heavy atom. The van der Waals surface area contributed by atoms with Crippen LogP contribution >= 0.6 is 7.82 Å². The van der Waals surface area contributed by atoms with Crippen LogP contribution in [0.3, 0.4) is 0 Å². The second-order valence-corrected chi connectivity index (χ2v) is 5.10. The number of phosphoric acid groups is 1. The molecule has 0 heterocycles. The molecule has 0 amide bonds. The van der Waals surface area contributed by atoms with E-state index in [0.717, 1.165) is 0 Å². The van der Waals surface area contributed by atoms with Gasteiger partial charge in [-0.3, -0.25) is 9.05 Å². The number of methoxy groups -OCH3 is 2. The molecular formula is C12H19O6P. The smallest absolute Gasteiger partial charge is 0.404 e. The van der Waals surface area contributed by atoms with Crippen LogP contribution in [0.15, 0.2) is 30.3 Å². The Hall–Kier alpha value is -0.910. The highest BCUT2D eigenvalue weighted by molar-refractivity contribution is 7.48. The van der Waals surface area contributed by atoms with E-state index in [-0.39, 0.29) is 13.2 Å². The molecule has 1 aromatic rings. The molecule has 0 fully saturated rings. The van der Waals surface area contributed by atoms with Crippen LogP contribution in [0.1, 0.15) is 0 Å². The lowest BCUT2D eigenvalue weighted by molar-refractivity contribution is 0.0865. The van der Waals surface area contributed by atoms with Crippen molar-refractivity contribution in [2.75, 3.05) is 40.6 Å². The van der Waals surface area contributed by atoms with Gasteiger partial charge in [0.2, 0.25) is 0 Å². The van der Waals surface area contributed by atoms with Crippen molar-refractivity contribution in [1.29, 1.82) is 0 Å². The molecule has 0 aliphatic heterocycles. The summed E-state index contributed by atoms with van der Waals surface area (Å²) >= 11 is 0. The summed E-state index contributed by atoms with van der Waals surface area (Å²) in [7, 11) is -0.609. The fraction of sp³-hybridized carbons (Fsp3) is 0.500. The van der Waals surface area contributed by atoms with E-state index in [9.17, 15) is 4.57 Å². The molecule has 0 aliphatic rings. The zero-order valence-electron chi connectivity index (χ0n) is 11.1. The van der Waals surface area contributed by atoms with Gasteiger partial charge in [-0.1, -0.05) is 18.2 Å². The van der Waals surface area contributed by atoms with Gasteiger partial charge in [0.1, 0.15) is 5.75 Å². The predicted octanol–water partition coefficient (Wildman–Crippen LogP) is 2.50. The number of phosphoric ester groups is 1. The van der Waals surface area contributed by atoms with Crippen LogP contribution in [-0.4, -0.2) is 40.6 Å². The first kappa shape index (κ1) is 16.1. The van der Waals surface area contributed by atoms with E-state index in [2.05, 4.69) is 0 Å². The molecular weight excluding hydrogens is 271 g/mol. The molecule has 19 heavy (non-hydrogen) atoms. The fourth-order valence-corrected chi connectivity index (χ4v) is 2.32. The average molecular weight is 290 g/mol. The van der Waals surface area contributed by atoms with Crippen molar-refractivity contribution in [3.63, 3.8) is 0 Å². The lowest BCUT2D eigenvalue weighted by Gasteiger charge is -2.18. The summed E-state index contributed by atoms with van der Waals surface area (Å²) in [5.74, 6) is 0.417. The molecule has 0 saturated heterocycles. The Kier molecular flexibility index (Phi) is 7.70. The molecule has 7 heteroatoms. The Bertz CT molecular complexity index is 369. The SMILES string of the molecule is COCCOP(=O)(OCCOC)Oc1ccccc1. The van der Waals surface area contributed by atoms with E-state index >= 15 is 0 Å². The summed E-state index contributed by atoms with van der Waals surface area (Å²) < 4.78 is 37.6. The van der Waals surface area contributed by atoms with Crippen molar-refractivity contribution < 1.29 is 27.6 Å².